The van der Waals surface area contributed by atoms with Gasteiger partial charge in [0, 0.05) is 13.7 Å². The SMILES string of the molecule is CCC(C)CC(NC(=O)[C@@H]1[C@@H]2[C@H](CN1C(=O)[C@@H](NBOC)C(C)(C)C)C2(C)C)C(O)C(N)=O. The molecule has 1 aliphatic heterocycles. The van der Waals surface area contributed by atoms with Crippen LogP contribution in [0.2, 0.25) is 0 Å². The van der Waals surface area contributed by atoms with Gasteiger partial charge in [-0.2, -0.15) is 0 Å². The van der Waals surface area contributed by atoms with Gasteiger partial charge in [0.2, 0.25) is 17.7 Å². The summed E-state index contributed by atoms with van der Waals surface area (Å²) in [6.45, 7) is 14.7. The molecule has 0 aromatic rings. The normalized spacial score (nSPS) is 27.2. The lowest BCUT2D eigenvalue weighted by molar-refractivity contribution is -0.144. The number of hydrogen-bond acceptors (Lipinski definition) is 6. The van der Waals surface area contributed by atoms with Crippen LogP contribution in [0.5, 0.6) is 0 Å². The van der Waals surface area contributed by atoms with Crippen LogP contribution in [-0.2, 0) is 19.0 Å². The Morgan fingerprint density at radius 2 is 1.91 bits per heavy atom. The van der Waals surface area contributed by atoms with Crippen LogP contribution in [0.25, 0.3) is 0 Å². The molecule has 0 aromatic heterocycles. The quantitative estimate of drug-likeness (QED) is 0.321. The number of piperidine rings is 1. The van der Waals surface area contributed by atoms with Crippen LogP contribution in [-0.4, -0.2) is 73.2 Å². The summed E-state index contributed by atoms with van der Waals surface area (Å²) in [7, 11) is 1.78. The first-order valence-corrected chi connectivity index (χ1v) is 12.0. The number of carbonyl (C=O) groups excluding carboxylic acids is 3. The summed E-state index contributed by atoms with van der Waals surface area (Å²) in [6.07, 6.45) is -0.228. The lowest BCUT2D eigenvalue weighted by Crippen LogP contribution is -2.60. The maximum atomic E-state index is 13.6. The number of nitrogens with two attached hydrogens (primary N) is 1. The van der Waals surface area contributed by atoms with E-state index in [0.717, 1.165) is 6.42 Å². The van der Waals surface area contributed by atoms with E-state index in [1.807, 2.05) is 34.6 Å². The smallest absolute Gasteiger partial charge is 0.361 e. The molecule has 2 fully saturated rings. The second kappa shape index (κ2) is 10.3. The van der Waals surface area contributed by atoms with E-state index < -0.39 is 30.1 Å². The fourth-order valence-electron chi connectivity index (χ4n) is 5.24. The van der Waals surface area contributed by atoms with E-state index in [9.17, 15) is 19.5 Å². The van der Waals surface area contributed by atoms with Gasteiger partial charge < -0.3 is 30.9 Å². The van der Waals surface area contributed by atoms with Crippen molar-refractivity contribution < 1.29 is 24.1 Å². The van der Waals surface area contributed by atoms with Gasteiger partial charge in [-0.05, 0) is 35.0 Å². The minimum absolute atomic E-state index is 0.0273. The summed E-state index contributed by atoms with van der Waals surface area (Å²) < 4.78 is 5.13. The zero-order valence-corrected chi connectivity index (χ0v) is 21.5. The Bertz CT molecular complexity index is 741. The van der Waals surface area contributed by atoms with Crippen LogP contribution in [0.1, 0.15) is 61.3 Å². The van der Waals surface area contributed by atoms with E-state index in [1.165, 1.54) is 0 Å². The molecule has 2 rings (SSSR count). The van der Waals surface area contributed by atoms with Crippen molar-refractivity contribution in [2.24, 2.45) is 34.3 Å². The van der Waals surface area contributed by atoms with Crippen molar-refractivity contribution in [2.45, 2.75) is 85.5 Å². The Morgan fingerprint density at radius 3 is 2.39 bits per heavy atom. The Kier molecular flexibility index (Phi) is 8.63. The van der Waals surface area contributed by atoms with E-state index in [4.69, 9.17) is 10.4 Å². The second-order valence-corrected chi connectivity index (χ2v) is 11.5. The second-order valence-electron chi connectivity index (χ2n) is 11.5. The molecular formula is C23H43BN4O5. The number of likely N-dealkylation sites (tertiary alicyclic amines) is 1. The molecule has 1 saturated heterocycles. The number of aliphatic hydroxyl groups excluding tert-OH is 1. The molecule has 0 spiro atoms. The number of nitrogens with one attached hydrogen (secondary N) is 2. The number of fused-ring (bicyclic) bond motifs is 1. The standard InChI is InChI=1S/C23H43BN4O5/c1-9-12(2)10-14(17(29)19(25)30)26-20(31)16-15-13(23(15,6)7)11-28(16)21(32)18(22(3,4)5)27-24-33-8/h12-18,24,27,29H,9-11H2,1-8H3,(H2,25,30)(H,26,31)/t12?,13-,14?,15-,16-,17?,18+/m0/s1. The van der Waals surface area contributed by atoms with Crippen molar-refractivity contribution in [2.75, 3.05) is 13.7 Å². The number of primary amides is 1. The molecule has 10 heteroatoms. The predicted molar refractivity (Wildman–Crippen MR) is 128 cm³/mol. The van der Waals surface area contributed by atoms with Gasteiger partial charge in [0.1, 0.15) is 6.04 Å². The van der Waals surface area contributed by atoms with Crippen molar-refractivity contribution in [1.29, 1.82) is 0 Å². The molecule has 1 aliphatic carbocycles. The van der Waals surface area contributed by atoms with Crippen molar-refractivity contribution in [3.05, 3.63) is 0 Å². The molecule has 0 radical (unpaired) electrons. The molecule has 0 aromatic carbocycles. The lowest BCUT2D eigenvalue weighted by atomic mass is 9.83. The molecular weight excluding hydrogens is 423 g/mol. The molecule has 7 atom stereocenters. The van der Waals surface area contributed by atoms with Gasteiger partial charge in [-0.25, -0.2) is 0 Å². The van der Waals surface area contributed by atoms with E-state index in [1.54, 1.807) is 12.0 Å². The van der Waals surface area contributed by atoms with Gasteiger partial charge in [-0.3, -0.25) is 14.4 Å². The van der Waals surface area contributed by atoms with Gasteiger partial charge in [-0.15, -0.1) is 0 Å². The number of nitrogens with zero attached hydrogens (tertiary/aromatic N) is 1. The summed E-state index contributed by atoms with van der Waals surface area (Å²) in [5.41, 5.74) is 4.91. The third kappa shape index (κ3) is 5.89. The molecule has 5 N–H and O–H groups in total. The average Bonchev–Trinajstić information content (AvgIpc) is 3.05. The van der Waals surface area contributed by atoms with Crippen LogP contribution >= 0.6 is 0 Å². The molecule has 3 amide bonds. The first-order chi connectivity index (χ1) is 15.2. The van der Waals surface area contributed by atoms with Crippen LogP contribution in [0, 0.1) is 28.6 Å². The summed E-state index contributed by atoms with van der Waals surface area (Å²) >= 11 is 0. The summed E-state index contributed by atoms with van der Waals surface area (Å²) in [5.74, 6) is -0.914. The van der Waals surface area contributed by atoms with Gasteiger partial charge in [-0.1, -0.05) is 54.9 Å². The number of aliphatic hydroxyl groups is 1. The maximum Gasteiger partial charge on any atom is 0.361 e. The minimum Gasteiger partial charge on any atom is -0.427 e. The number of amides is 3. The largest absolute Gasteiger partial charge is 0.427 e. The van der Waals surface area contributed by atoms with Crippen molar-refractivity contribution in [3.63, 3.8) is 0 Å². The molecule has 1 saturated carbocycles. The highest BCUT2D eigenvalue weighted by Gasteiger charge is 2.69. The number of hydrogen-bond donors (Lipinski definition) is 4. The van der Waals surface area contributed by atoms with Gasteiger partial charge in [0.15, 0.2) is 6.10 Å². The highest BCUT2D eigenvalue weighted by atomic mass is 16.4. The van der Waals surface area contributed by atoms with Crippen molar-refractivity contribution in [1.82, 2.24) is 15.4 Å². The molecule has 188 valence electrons. The Hall–Kier alpha value is -1.65. The average molecular weight is 466 g/mol. The maximum absolute atomic E-state index is 13.6. The molecule has 0 bridgehead atoms. The van der Waals surface area contributed by atoms with Crippen LogP contribution in [0.4, 0.5) is 0 Å². The summed E-state index contributed by atoms with van der Waals surface area (Å²) in [4.78, 5) is 40.6. The highest BCUT2D eigenvalue weighted by molar-refractivity contribution is 6.24. The third-order valence-corrected chi connectivity index (χ3v) is 7.66. The highest BCUT2D eigenvalue weighted by Crippen LogP contribution is 2.65. The van der Waals surface area contributed by atoms with E-state index in [0.29, 0.717) is 13.0 Å². The van der Waals surface area contributed by atoms with Crippen molar-refractivity contribution in [3.8, 4) is 0 Å². The van der Waals surface area contributed by atoms with Crippen LogP contribution in [0.15, 0.2) is 0 Å². The van der Waals surface area contributed by atoms with Gasteiger partial charge in [0.05, 0.1) is 12.1 Å². The van der Waals surface area contributed by atoms with Crippen molar-refractivity contribution >= 4 is 25.3 Å². The minimum atomic E-state index is -1.48. The fraction of sp³-hybridized carbons (Fsp3) is 0.870. The topological polar surface area (TPSA) is 134 Å². The monoisotopic (exact) mass is 466 g/mol. The molecule has 33 heavy (non-hydrogen) atoms. The summed E-state index contributed by atoms with van der Waals surface area (Å²) in [5, 5.41) is 16.4. The van der Waals surface area contributed by atoms with Gasteiger partial charge in [0.25, 0.3) is 0 Å². The number of carbonyl (C=O) groups is 3. The molecule has 2 aliphatic rings. The van der Waals surface area contributed by atoms with Crippen LogP contribution in [0.3, 0.4) is 0 Å². The molecule has 3 unspecified atom stereocenters. The zero-order valence-electron chi connectivity index (χ0n) is 21.5. The lowest BCUT2D eigenvalue weighted by Gasteiger charge is -2.38. The van der Waals surface area contributed by atoms with Crippen LogP contribution < -0.4 is 16.3 Å². The third-order valence-electron chi connectivity index (χ3n) is 7.66. The molecule has 9 nitrogen and oxygen atoms in total. The van der Waals surface area contributed by atoms with E-state index in [2.05, 4.69) is 24.4 Å². The van der Waals surface area contributed by atoms with E-state index in [-0.39, 0.29) is 48.0 Å². The Balaban J connectivity index is 2.29. The predicted octanol–water partition coefficient (Wildman–Crippen LogP) is 0.154. The summed E-state index contributed by atoms with van der Waals surface area (Å²) in [6, 6.07) is -1.99. The van der Waals surface area contributed by atoms with E-state index >= 15 is 0 Å². The first-order valence-electron chi connectivity index (χ1n) is 12.0. The Morgan fingerprint density at radius 1 is 1.30 bits per heavy atom. The number of rotatable bonds is 11. The fourth-order valence-corrected chi connectivity index (χ4v) is 5.24. The van der Waals surface area contributed by atoms with Gasteiger partial charge >= 0.3 is 7.62 Å². The zero-order chi connectivity index (χ0) is 25.3. The first kappa shape index (κ1) is 27.6. The molecule has 1 heterocycles. The Labute approximate surface area is 198 Å².